The Balaban J connectivity index is 1.62. The molecular weight excluding hydrogens is 383 g/mol. The molecule has 30 heavy (non-hydrogen) atoms. The lowest BCUT2D eigenvalue weighted by atomic mass is 10.1. The van der Waals surface area contributed by atoms with Crippen molar-refractivity contribution >= 4 is 23.1 Å². The fourth-order valence-electron chi connectivity index (χ4n) is 3.83. The number of nitrogens with one attached hydrogen (secondary N) is 1. The Kier molecular flexibility index (Phi) is 5.65. The van der Waals surface area contributed by atoms with E-state index < -0.39 is 11.7 Å². The zero-order valence-corrected chi connectivity index (χ0v) is 16.9. The van der Waals surface area contributed by atoms with Crippen LogP contribution in [0.25, 0.3) is 11.3 Å². The molecule has 4 rings (SSSR count). The third-order valence-electron chi connectivity index (χ3n) is 5.35. The Morgan fingerprint density at radius 2 is 1.83 bits per heavy atom. The number of anilines is 3. The van der Waals surface area contributed by atoms with Crippen molar-refractivity contribution in [2.24, 2.45) is 7.05 Å². The van der Waals surface area contributed by atoms with Crippen molar-refractivity contribution in [3.05, 3.63) is 54.1 Å². The number of nitrogen functional groups attached to an aromatic ring is 1. The highest BCUT2D eigenvalue weighted by Gasteiger charge is 2.21. The molecule has 3 heterocycles. The molecule has 7 nitrogen and oxygen atoms in total. The molecular formula is C22H25FN6O. The number of nitrogens with two attached hydrogens (primary N) is 1. The Bertz CT molecular complexity index is 1060. The van der Waals surface area contributed by atoms with Crippen molar-refractivity contribution in [2.75, 3.05) is 29.0 Å². The highest BCUT2D eigenvalue weighted by atomic mass is 19.1. The van der Waals surface area contributed by atoms with Crippen LogP contribution in [0.1, 0.15) is 36.2 Å². The largest absolute Gasteiger partial charge is 0.397 e. The van der Waals surface area contributed by atoms with Crippen LogP contribution in [0.2, 0.25) is 0 Å². The second kappa shape index (κ2) is 8.52. The van der Waals surface area contributed by atoms with Gasteiger partial charge >= 0.3 is 0 Å². The monoisotopic (exact) mass is 408 g/mol. The van der Waals surface area contributed by atoms with Crippen molar-refractivity contribution < 1.29 is 9.18 Å². The first-order valence-electron chi connectivity index (χ1n) is 10.1. The number of rotatable bonds is 4. The summed E-state index contributed by atoms with van der Waals surface area (Å²) in [4.78, 5) is 19.6. The fourth-order valence-corrected chi connectivity index (χ4v) is 3.83. The van der Waals surface area contributed by atoms with Crippen LogP contribution in [0.4, 0.5) is 21.6 Å². The van der Waals surface area contributed by atoms with Gasteiger partial charge in [0.15, 0.2) is 11.5 Å². The van der Waals surface area contributed by atoms with E-state index in [9.17, 15) is 9.18 Å². The van der Waals surface area contributed by atoms with E-state index in [1.165, 1.54) is 18.9 Å². The van der Waals surface area contributed by atoms with E-state index in [2.05, 4.69) is 20.3 Å². The number of carbonyl (C=O) groups is 1. The van der Waals surface area contributed by atoms with Crippen molar-refractivity contribution in [1.29, 1.82) is 0 Å². The number of aromatic nitrogens is 3. The lowest BCUT2D eigenvalue weighted by molar-refractivity contribution is 0.102. The van der Waals surface area contributed by atoms with Crippen LogP contribution in [0.3, 0.4) is 0 Å². The lowest BCUT2D eigenvalue weighted by Gasteiger charge is -2.24. The molecule has 1 fully saturated rings. The summed E-state index contributed by atoms with van der Waals surface area (Å²) < 4.78 is 15.9. The first-order chi connectivity index (χ1) is 14.5. The van der Waals surface area contributed by atoms with Crippen LogP contribution in [-0.4, -0.2) is 33.8 Å². The molecule has 0 aliphatic carbocycles. The molecule has 1 aliphatic rings. The van der Waals surface area contributed by atoms with Crippen molar-refractivity contribution in [1.82, 2.24) is 14.8 Å². The van der Waals surface area contributed by atoms with Gasteiger partial charge in [-0.15, -0.1) is 0 Å². The van der Waals surface area contributed by atoms with Gasteiger partial charge in [0.25, 0.3) is 5.91 Å². The maximum absolute atomic E-state index is 14.2. The molecule has 3 aromatic rings. The predicted octanol–water partition coefficient (Wildman–Crippen LogP) is 3.84. The second-order valence-corrected chi connectivity index (χ2v) is 7.48. The highest BCUT2D eigenvalue weighted by molar-refractivity contribution is 6.07. The Morgan fingerprint density at radius 3 is 2.57 bits per heavy atom. The van der Waals surface area contributed by atoms with Gasteiger partial charge in [-0.25, -0.2) is 9.37 Å². The summed E-state index contributed by atoms with van der Waals surface area (Å²) in [6.45, 7) is 1.84. The van der Waals surface area contributed by atoms with Crippen LogP contribution in [-0.2, 0) is 7.05 Å². The summed E-state index contributed by atoms with van der Waals surface area (Å²) in [6, 6.07) is 9.49. The summed E-state index contributed by atoms with van der Waals surface area (Å²) in [5.41, 5.74) is 7.59. The molecule has 0 unspecified atom stereocenters. The standard InChI is InChI=1S/C22H25FN6O/c1-28-22(29-12-6-2-3-7-13-29)19(14-25-28)27-21(30)20-17(24)10-11-18(26-20)15-8-4-5-9-16(15)23/h4-5,8-11,14H,2-3,6-7,12-13,24H2,1H3,(H,27,30). The van der Waals surface area contributed by atoms with Crippen LogP contribution in [0.5, 0.6) is 0 Å². The summed E-state index contributed by atoms with van der Waals surface area (Å²) in [6.07, 6.45) is 6.27. The first kappa shape index (κ1) is 19.9. The molecule has 0 saturated carbocycles. The summed E-state index contributed by atoms with van der Waals surface area (Å²) >= 11 is 0. The molecule has 1 saturated heterocycles. The van der Waals surface area contributed by atoms with Gasteiger partial charge in [0, 0.05) is 25.7 Å². The number of amides is 1. The fraction of sp³-hybridized carbons (Fsp3) is 0.318. The maximum atomic E-state index is 14.2. The van der Waals surface area contributed by atoms with Crippen LogP contribution < -0.4 is 16.0 Å². The topological polar surface area (TPSA) is 89.1 Å². The number of hydrogen-bond acceptors (Lipinski definition) is 5. The van der Waals surface area contributed by atoms with Crippen molar-refractivity contribution in [3.63, 3.8) is 0 Å². The number of hydrogen-bond donors (Lipinski definition) is 2. The third kappa shape index (κ3) is 3.98. The van der Waals surface area contributed by atoms with Gasteiger partial charge in [0.2, 0.25) is 0 Å². The number of halogens is 1. The smallest absolute Gasteiger partial charge is 0.276 e. The Morgan fingerprint density at radius 1 is 1.10 bits per heavy atom. The van der Waals surface area contributed by atoms with E-state index >= 15 is 0 Å². The zero-order chi connectivity index (χ0) is 21.1. The average Bonchev–Trinajstić information content (AvgIpc) is 2.93. The van der Waals surface area contributed by atoms with Gasteiger partial charge in [-0.05, 0) is 37.1 Å². The molecule has 0 spiro atoms. The summed E-state index contributed by atoms with van der Waals surface area (Å²) in [5, 5.41) is 7.23. The molecule has 1 aromatic carbocycles. The van der Waals surface area contributed by atoms with Crippen molar-refractivity contribution in [3.8, 4) is 11.3 Å². The number of pyridine rings is 1. The molecule has 156 valence electrons. The van der Waals surface area contributed by atoms with Gasteiger partial charge in [-0.3, -0.25) is 9.48 Å². The van der Waals surface area contributed by atoms with Gasteiger partial charge in [0.05, 0.1) is 17.6 Å². The van der Waals surface area contributed by atoms with Gasteiger partial charge < -0.3 is 16.0 Å². The van der Waals surface area contributed by atoms with Crippen LogP contribution in [0.15, 0.2) is 42.6 Å². The van der Waals surface area contributed by atoms with Gasteiger partial charge in [0.1, 0.15) is 11.5 Å². The molecule has 1 amide bonds. The average molecular weight is 408 g/mol. The highest BCUT2D eigenvalue weighted by Crippen LogP contribution is 2.29. The lowest BCUT2D eigenvalue weighted by Crippen LogP contribution is -2.27. The minimum Gasteiger partial charge on any atom is -0.397 e. The molecule has 0 atom stereocenters. The quantitative estimate of drug-likeness (QED) is 0.685. The predicted molar refractivity (Wildman–Crippen MR) is 116 cm³/mol. The maximum Gasteiger partial charge on any atom is 0.276 e. The van der Waals surface area contributed by atoms with Crippen LogP contribution in [0, 0.1) is 5.82 Å². The Labute approximate surface area is 174 Å². The molecule has 1 aliphatic heterocycles. The second-order valence-electron chi connectivity index (χ2n) is 7.48. The number of carbonyl (C=O) groups excluding carboxylic acids is 1. The van der Waals surface area contributed by atoms with E-state index in [0.29, 0.717) is 16.9 Å². The summed E-state index contributed by atoms with van der Waals surface area (Å²) in [7, 11) is 1.86. The number of nitrogens with zero attached hydrogens (tertiary/aromatic N) is 4. The third-order valence-corrected chi connectivity index (χ3v) is 5.35. The minimum absolute atomic E-state index is 0.0569. The van der Waals surface area contributed by atoms with E-state index in [1.54, 1.807) is 41.2 Å². The summed E-state index contributed by atoms with van der Waals surface area (Å²) in [5.74, 6) is 0.0145. The van der Waals surface area contributed by atoms with Crippen LogP contribution >= 0.6 is 0 Å². The van der Waals surface area contributed by atoms with E-state index in [1.807, 2.05) is 7.05 Å². The van der Waals surface area contributed by atoms with E-state index in [0.717, 1.165) is 31.7 Å². The molecule has 2 aromatic heterocycles. The minimum atomic E-state index is -0.449. The number of aryl methyl sites for hydroxylation is 1. The van der Waals surface area contributed by atoms with Gasteiger partial charge in [-0.2, -0.15) is 5.10 Å². The van der Waals surface area contributed by atoms with Gasteiger partial charge in [-0.1, -0.05) is 25.0 Å². The molecule has 0 radical (unpaired) electrons. The SMILES string of the molecule is Cn1ncc(NC(=O)c2nc(-c3ccccc3F)ccc2N)c1N1CCCCCC1. The molecule has 8 heteroatoms. The number of benzene rings is 1. The Hall–Kier alpha value is -3.42. The van der Waals surface area contributed by atoms with Crippen molar-refractivity contribution in [2.45, 2.75) is 25.7 Å². The zero-order valence-electron chi connectivity index (χ0n) is 16.9. The van der Waals surface area contributed by atoms with E-state index in [4.69, 9.17) is 5.73 Å². The first-order valence-corrected chi connectivity index (χ1v) is 10.1. The molecule has 0 bridgehead atoms. The molecule has 3 N–H and O–H groups in total. The normalized spacial score (nSPS) is 14.4. The van der Waals surface area contributed by atoms with E-state index in [-0.39, 0.29) is 11.4 Å².